The molecule has 0 bridgehead atoms. The van der Waals surface area contributed by atoms with E-state index >= 15 is 0 Å². The van der Waals surface area contributed by atoms with Crippen LogP contribution in [0.1, 0.15) is 12.5 Å². The van der Waals surface area contributed by atoms with Crippen molar-refractivity contribution in [2.45, 2.75) is 19.6 Å². The van der Waals surface area contributed by atoms with Gasteiger partial charge in [0.2, 0.25) is 0 Å². The average molecular weight is 404 g/mol. The highest BCUT2D eigenvalue weighted by atomic mass is 32.1. The predicted molar refractivity (Wildman–Crippen MR) is 111 cm³/mol. The van der Waals surface area contributed by atoms with Gasteiger partial charge in [-0.15, -0.1) is 0 Å². The smallest absolute Gasteiger partial charge is 0.276 e. The van der Waals surface area contributed by atoms with Crippen molar-refractivity contribution >= 4 is 23.2 Å². The fourth-order valence-electron chi connectivity index (χ4n) is 2.24. The molecule has 1 atom stereocenters. The third-order valence-corrected chi connectivity index (χ3v) is 3.77. The number of ether oxygens (including phenoxy) is 3. The van der Waals surface area contributed by atoms with Crippen molar-refractivity contribution < 1.29 is 19.0 Å². The molecule has 0 heterocycles. The van der Waals surface area contributed by atoms with Crippen molar-refractivity contribution in [3.05, 3.63) is 60.2 Å². The van der Waals surface area contributed by atoms with Gasteiger partial charge in [-0.05, 0) is 49.0 Å². The lowest BCUT2D eigenvalue weighted by Crippen LogP contribution is -2.50. The van der Waals surface area contributed by atoms with Crippen molar-refractivity contribution in [3.63, 3.8) is 0 Å². The van der Waals surface area contributed by atoms with Gasteiger partial charge in [-0.1, -0.05) is 30.3 Å². The van der Waals surface area contributed by atoms with Crippen LogP contribution in [0, 0.1) is 0 Å². The average Bonchev–Trinajstić information content (AvgIpc) is 2.71. The number of hydrogen-bond acceptors (Lipinski definition) is 5. The first-order valence-corrected chi connectivity index (χ1v) is 9.21. The molecule has 8 heteroatoms. The first-order valence-electron chi connectivity index (χ1n) is 8.80. The van der Waals surface area contributed by atoms with Crippen molar-refractivity contribution in [2.75, 3.05) is 20.3 Å². The Kier molecular flexibility index (Phi) is 9.03. The lowest BCUT2D eigenvalue weighted by atomic mass is 10.2. The van der Waals surface area contributed by atoms with Gasteiger partial charge in [0.1, 0.15) is 18.1 Å². The second kappa shape index (κ2) is 11.8. The number of carbonyl (C=O) groups excluding carboxylic acids is 1. The molecule has 2 aromatic carbocycles. The largest absolute Gasteiger partial charge is 0.489 e. The van der Waals surface area contributed by atoms with Gasteiger partial charge in [0.05, 0.1) is 6.61 Å². The second-order valence-electron chi connectivity index (χ2n) is 6.04. The summed E-state index contributed by atoms with van der Waals surface area (Å²) < 4.78 is 16.2. The van der Waals surface area contributed by atoms with Crippen LogP contribution in [-0.4, -0.2) is 37.4 Å². The third kappa shape index (κ3) is 8.24. The zero-order valence-corrected chi connectivity index (χ0v) is 16.8. The lowest BCUT2D eigenvalue weighted by molar-refractivity contribution is -0.123. The number of rotatable bonds is 9. The van der Waals surface area contributed by atoms with Crippen LogP contribution in [0.5, 0.6) is 11.5 Å². The summed E-state index contributed by atoms with van der Waals surface area (Å²) in [6.45, 7) is 2.76. The minimum atomic E-state index is -0.354. The first kappa shape index (κ1) is 21.5. The van der Waals surface area contributed by atoms with Crippen LogP contribution in [0.15, 0.2) is 54.6 Å². The Balaban J connectivity index is 1.66. The van der Waals surface area contributed by atoms with E-state index in [1.54, 1.807) is 31.4 Å². The summed E-state index contributed by atoms with van der Waals surface area (Å²) in [5, 5.41) is 3.27. The van der Waals surface area contributed by atoms with Crippen LogP contribution in [0.4, 0.5) is 0 Å². The molecule has 0 spiro atoms. The fourth-order valence-corrected chi connectivity index (χ4v) is 2.49. The van der Waals surface area contributed by atoms with E-state index in [9.17, 15) is 4.79 Å². The molecule has 2 aromatic rings. The molecule has 28 heavy (non-hydrogen) atoms. The fraction of sp³-hybridized carbons (Fsp3) is 0.300. The normalized spacial score (nSPS) is 11.2. The first-order chi connectivity index (χ1) is 13.6. The predicted octanol–water partition coefficient (Wildman–Crippen LogP) is 2.17. The quantitative estimate of drug-likeness (QED) is 0.437. The number of amides is 1. The van der Waals surface area contributed by atoms with Gasteiger partial charge in [-0.2, -0.15) is 0 Å². The van der Waals surface area contributed by atoms with Gasteiger partial charge in [-0.3, -0.25) is 15.6 Å². The van der Waals surface area contributed by atoms with Crippen LogP contribution < -0.4 is 25.6 Å². The maximum absolute atomic E-state index is 11.8. The maximum Gasteiger partial charge on any atom is 0.276 e. The van der Waals surface area contributed by atoms with E-state index in [1.165, 1.54) is 0 Å². The van der Waals surface area contributed by atoms with E-state index in [0.29, 0.717) is 24.1 Å². The lowest BCUT2D eigenvalue weighted by Gasteiger charge is -2.16. The topological polar surface area (TPSA) is 80.9 Å². The Morgan fingerprint density at radius 2 is 1.64 bits per heavy atom. The van der Waals surface area contributed by atoms with Crippen molar-refractivity contribution in [1.82, 2.24) is 16.2 Å². The molecule has 0 aliphatic rings. The third-order valence-electron chi connectivity index (χ3n) is 3.55. The summed E-state index contributed by atoms with van der Waals surface area (Å²) in [7, 11) is 1.61. The summed E-state index contributed by atoms with van der Waals surface area (Å²) in [4.78, 5) is 11.8. The highest BCUT2D eigenvalue weighted by Crippen LogP contribution is 2.18. The zero-order valence-electron chi connectivity index (χ0n) is 15.9. The summed E-state index contributed by atoms with van der Waals surface area (Å²) in [5.41, 5.74) is 6.18. The van der Waals surface area contributed by atoms with Crippen LogP contribution >= 0.6 is 12.2 Å². The van der Waals surface area contributed by atoms with Gasteiger partial charge < -0.3 is 19.5 Å². The van der Waals surface area contributed by atoms with Crippen LogP contribution in [0.25, 0.3) is 0 Å². The molecule has 150 valence electrons. The Morgan fingerprint density at radius 1 is 1.00 bits per heavy atom. The van der Waals surface area contributed by atoms with E-state index in [0.717, 1.165) is 11.3 Å². The SMILES string of the molecule is COC[C@H](C)NC(=S)NNC(=O)COc1ccc(OCc2ccccc2)cc1. The Morgan fingerprint density at radius 3 is 2.29 bits per heavy atom. The Labute approximate surface area is 170 Å². The Bertz CT molecular complexity index is 741. The Hall–Kier alpha value is -2.84. The van der Waals surface area contributed by atoms with E-state index in [4.69, 9.17) is 26.4 Å². The number of hydrogen-bond donors (Lipinski definition) is 3. The minimum absolute atomic E-state index is 0.0285. The molecule has 0 saturated carbocycles. The molecule has 0 aliphatic heterocycles. The molecule has 0 radical (unpaired) electrons. The van der Waals surface area contributed by atoms with Crippen molar-refractivity contribution in [2.24, 2.45) is 0 Å². The standard InChI is InChI=1S/C20H25N3O4S/c1-15(12-25-2)21-20(28)23-22-19(24)14-27-18-10-8-17(9-11-18)26-13-16-6-4-3-5-7-16/h3-11,15H,12-14H2,1-2H3,(H,22,24)(H2,21,23,28)/t15-/m0/s1. The van der Waals surface area contributed by atoms with E-state index in [1.807, 2.05) is 37.3 Å². The van der Waals surface area contributed by atoms with E-state index < -0.39 is 0 Å². The molecule has 2 rings (SSSR count). The molecular weight excluding hydrogens is 378 g/mol. The molecule has 7 nitrogen and oxygen atoms in total. The van der Waals surface area contributed by atoms with Gasteiger partial charge in [0.15, 0.2) is 11.7 Å². The minimum Gasteiger partial charge on any atom is -0.489 e. The maximum atomic E-state index is 11.8. The molecule has 0 aromatic heterocycles. The van der Waals surface area contributed by atoms with E-state index in [-0.39, 0.29) is 18.6 Å². The second-order valence-corrected chi connectivity index (χ2v) is 6.45. The van der Waals surface area contributed by atoms with Gasteiger partial charge in [0.25, 0.3) is 5.91 Å². The summed E-state index contributed by atoms with van der Waals surface area (Å²) in [6, 6.07) is 17.0. The molecule has 0 saturated heterocycles. The van der Waals surface area contributed by atoms with Crippen LogP contribution in [-0.2, 0) is 16.1 Å². The van der Waals surface area contributed by atoms with Crippen molar-refractivity contribution in [1.29, 1.82) is 0 Å². The van der Waals surface area contributed by atoms with Crippen LogP contribution in [0.2, 0.25) is 0 Å². The molecule has 0 unspecified atom stereocenters. The zero-order chi connectivity index (χ0) is 20.2. The van der Waals surface area contributed by atoms with E-state index in [2.05, 4.69) is 16.2 Å². The number of hydrazine groups is 1. The number of thiocarbonyl (C=S) groups is 1. The molecule has 0 aliphatic carbocycles. The number of nitrogens with one attached hydrogen (secondary N) is 3. The van der Waals surface area contributed by atoms with Gasteiger partial charge in [-0.25, -0.2) is 0 Å². The number of benzene rings is 2. The number of methoxy groups -OCH3 is 1. The monoisotopic (exact) mass is 403 g/mol. The molecule has 3 N–H and O–H groups in total. The van der Waals surface area contributed by atoms with Gasteiger partial charge in [0, 0.05) is 13.2 Å². The van der Waals surface area contributed by atoms with Gasteiger partial charge >= 0.3 is 0 Å². The summed E-state index contributed by atoms with van der Waals surface area (Å²) in [5.74, 6) is 0.938. The molecule has 1 amide bonds. The van der Waals surface area contributed by atoms with Crippen LogP contribution in [0.3, 0.4) is 0 Å². The number of carbonyl (C=O) groups is 1. The summed E-state index contributed by atoms with van der Waals surface area (Å²) in [6.07, 6.45) is 0. The molecule has 0 fully saturated rings. The highest BCUT2D eigenvalue weighted by molar-refractivity contribution is 7.80. The summed E-state index contributed by atoms with van der Waals surface area (Å²) >= 11 is 5.07. The highest BCUT2D eigenvalue weighted by Gasteiger charge is 2.06. The van der Waals surface area contributed by atoms with Crippen molar-refractivity contribution in [3.8, 4) is 11.5 Å². The molecular formula is C20H25N3O4S.